The molecule has 0 fully saturated rings. The van der Waals surface area contributed by atoms with Gasteiger partial charge in [-0.05, 0) is 30.9 Å². The maximum Gasteiger partial charge on any atom is 0.106 e. The zero-order valence-electron chi connectivity index (χ0n) is 12.0. The summed E-state index contributed by atoms with van der Waals surface area (Å²) in [5, 5.41) is 3.36. The van der Waals surface area contributed by atoms with Crippen LogP contribution >= 0.6 is 12.2 Å². The molecule has 0 unspecified atom stereocenters. The predicted octanol–water partition coefficient (Wildman–Crippen LogP) is 3.10. The van der Waals surface area contributed by atoms with Gasteiger partial charge in [-0.15, -0.1) is 0 Å². The highest BCUT2D eigenvalue weighted by Crippen LogP contribution is 2.20. The second-order valence-corrected chi connectivity index (χ2v) is 5.52. The Labute approximate surface area is 121 Å². The molecular formula is C15H24N2OS. The fourth-order valence-corrected chi connectivity index (χ4v) is 1.95. The number of anilines is 1. The number of hydrogen-bond donors (Lipinski definition) is 2. The molecule has 1 aromatic carbocycles. The van der Waals surface area contributed by atoms with Crippen molar-refractivity contribution < 1.29 is 4.74 Å². The Balaban J connectivity index is 2.43. The van der Waals surface area contributed by atoms with E-state index in [0.29, 0.717) is 17.5 Å². The number of thiocarbonyl (C=S) groups is 1. The molecule has 4 heteroatoms. The second kappa shape index (κ2) is 8.12. The minimum atomic E-state index is 0.423. The number of para-hydroxylation sites is 1. The van der Waals surface area contributed by atoms with Crippen LogP contribution in [-0.4, -0.2) is 24.7 Å². The maximum atomic E-state index is 5.73. The molecule has 0 saturated heterocycles. The maximum absolute atomic E-state index is 5.73. The van der Waals surface area contributed by atoms with Crippen LogP contribution in [0.25, 0.3) is 0 Å². The molecule has 0 saturated carbocycles. The van der Waals surface area contributed by atoms with Gasteiger partial charge in [0, 0.05) is 24.4 Å². The minimum Gasteiger partial charge on any atom is -0.389 e. The van der Waals surface area contributed by atoms with Gasteiger partial charge < -0.3 is 15.8 Å². The van der Waals surface area contributed by atoms with Crippen LogP contribution in [0.5, 0.6) is 0 Å². The van der Waals surface area contributed by atoms with E-state index in [9.17, 15) is 0 Å². The van der Waals surface area contributed by atoms with Crippen LogP contribution in [0, 0.1) is 12.8 Å². The topological polar surface area (TPSA) is 47.3 Å². The molecule has 19 heavy (non-hydrogen) atoms. The van der Waals surface area contributed by atoms with E-state index in [0.717, 1.165) is 36.4 Å². The summed E-state index contributed by atoms with van der Waals surface area (Å²) in [5.74, 6) is 0.686. The Morgan fingerprint density at radius 1 is 1.37 bits per heavy atom. The van der Waals surface area contributed by atoms with E-state index in [1.165, 1.54) is 0 Å². The van der Waals surface area contributed by atoms with Gasteiger partial charge in [0.2, 0.25) is 0 Å². The van der Waals surface area contributed by atoms with Crippen molar-refractivity contribution in [3.05, 3.63) is 29.3 Å². The van der Waals surface area contributed by atoms with Crippen molar-refractivity contribution in [3.63, 3.8) is 0 Å². The third kappa shape index (κ3) is 5.57. The summed E-state index contributed by atoms with van der Waals surface area (Å²) in [6.45, 7) is 8.71. The Kier molecular flexibility index (Phi) is 6.81. The van der Waals surface area contributed by atoms with E-state index in [1.54, 1.807) is 0 Å². The third-order valence-corrected chi connectivity index (χ3v) is 3.15. The summed E-state index contributed by atoms with van der Waals surface area (Å²) in [4.78, 5) is 0.423. The van der Waals surface area contributed by atoms with Crippen molar-refractivity contribution in [1.29, 1.82) is 0 Å². The van der Waals surface area contributed by atoms with E-state index in [2.05, 4.69) is 19.2 Å². The van der Waals surface area contributed by atoms with Crippen molar-refractivity contribution in [2.45, 2.75) is 27.2 Å². The SMILES string of the molecule is Cc1cccc(C(N)=S)c1NCCOCCC(C)C. The lowest BCUT2D eigenvalue weighted by Crippen LogP contribution is -2.17. The number of aryl methyl sites for hydroxylation is 1. The molecule has 1 rings (SSSR count). The van der Waals surface area contributed by atoms with Crippen LogP contribution in [0.1, 0.15) is 31.4 Å². The number of nitrogens with one attached hydrogen (secondary N) is 1. The molecule has 0 aliphatic rings. The first-order chi connectivity index (χ1) is 9.02. The van der Waals surface area contributed by atoms with E-state index in [-0.39, 0.29) is 0 Å². The average Bonchev–Trinajstić information content (AvgIpc) is 2.34. The molecular weight excluding hydrogens is 256 g/mol. The minimum absolute atomic E-state index is 0.423. The Morgan fingerprint density at radius 2 is 2.11 bits per heavy atom. The number of nitrogens with two attached hydrogens (primary N) is 1. The fourth-order valence-electron chi connectivity index (χ4n) is 1.78. The zero-order chi connectivity index (χ0) is 14.3. The molecule has 106 valence electrons. The van der Waals surface area contributed by atoms with E-state index in [1.807, 2.05) is 25.1 Å². The Morgan fingerprint density at radius 3 is 2.74 bits per heavy atom. The molecule has 0 bridgehead atoms. The highest BCUT2D eigenvalue weighted by Gasteiger charge is 2.06. The van der Waals surface area contributed by atoms with E-state index >= 15 is 0 Å². The quantitative estimate of drug-likeness (QED) is 0.567. The van der Waals surface area contributed by atoms with Gasteiger partial charge in [-0.1, -0.05) is 38.2 Å². The summed E-state index contributed by atoms with van der Waals surface area (Å²) in [5.41, 5.74) is 8.79. The molecule has 0 aliphatic heterocycles. The van der Waals surface area contributed by atoms with Crippen molar-refractivity contribution in [1.82, 2.24) is 0 Å². The van der Waals surface area contributed by atoms with Gasteiger partial charge in [0.15, 0.2) is 0 Å². The smallest absolute Gasteiger partial charge is 0.106 e. The highest BCUT2D eigenvalue weighted by atomic mass is 32.1. The van der Waals surface area contributed by atoms with Gasteiger partial charge >= 0.3 is 0 Å². The number of hydrogen-bond acceptors (Lipinski definition) is 3. The summed E-state index contributed by atoms with van der Waals surface area (Å²) >= 11 is 5.06. The van der Waals surface area contributed by atoms with Crippen LogP contribution in [-0.2, 0) is 4.74 Å². The normalized spacial score (nSPS) is 10.7. The number of rotatable bonds is 8. The predicted molar refractivity (Wildman–Crippen MR) is 85.8 cm³/mol. The highest BCUT2D eigenvalue weighted by molar-refractivity contribution is 7.80. The van der Waals surface area contributed by atoms with Crippen molar-refractivity contribution in [2.24, 2.45) is 11.7 Å². The lowest BCUT2D eigenvalue weighted by Gasteiger charge is -2.14. The van der Waals surface area contributed by atoms with Gasteiger partial charge in [-0.2, -0.15) is 0 Å². The molecule has 0 amide bonds. The molecule has 1 aromatic rings. The van der Waals surface area contributed by atoms with Crippen LogP contribution in [0.15, 0.2) is 18.2 Å². The Bertz CT molecular complexity index is 419. The van der Waals surface area contributed by atoms with Gasteiger partial charge in [0.25, 0.3) is 0 Å². The van der Waals surface area contributed by atoms with Crippen LogP contribution in [0.2, 0.25) is 0 Å². The molecule has 0 radical (unpaired) electrons. The number of benzene rings is 1. The van der Waals surface area contributed by atoms with Gasteiger partial charge in [-0.3, -0.25) is 0 Å². The fraction of sp³-hybridized carbons (Fsp3) is 0.533. The summed E-state index contributed by atoms with van der Waals surface area (Å²) < 4.78 is 5.58. The molecule has 3 nitrogen and oxygen atoms in total. The van der Waals surface area contributed by atoms with Gasteiger partial charge in [-0.25, -0.2) is 0 Å². The van der Waals surface area contributed by atoms with E-state index in [4.69, 9.17) is 22.7 Å². The standard InChI is InChI=1S/C15H24N2OS/c1-11(2)7-9-18-10-8-17-14-12(3)5-4-6-13(14)15(16)19/h4-6,11,17H,7-10H2,1-3H3,(H2,16,19). The van der Waals surface area contributed by atoms with Crippen molar-refractivity contribution in [3.8, 4) is 0 Å². The first kappa shape index (κ1) is 15.9. The van der Waals surface area contributed by atoms with Crippen LogP contribution in [0.4, 0.5) is 5.69 Å². The summed E-state index contributed by atoms with van der Waals surface area (Å²) in [6, 6.07) is 5.95. The zero-order valence-corrected chi connectivity index (χ0v) is 12.8. The van der Waals surface area contributed by atoms with Crippen molar-refractivity contribution in [2.75, 3.05) is 25.1 Å². The summed E-state index contributed by atoms with van der Waals surface area (Å²) in [6.07, 6.45) is 1.10. The molecule has 0 heterocycles. The third-order valence-electron chi connectivity index (χ3n) is 2.93. The number of ether oxygens (including phenoxy) is 1. The molecule has 3 N–H and O–H groups in total. The average molecular weight is 280 g/mol. The Hall–Kier alpha value is -1.13. The monoisotopic (exact) mass is 280 g/mol. The first-order valence-electron chi connectivity index (χ1n) is 6.73. The molecule has 0 aromatic heterocycles. The lowest BCUT2D eigenvalue weighted by atomic mass is 10.1. The van der Waals surface area contributed by atoms with Crippen molar-refractivity contribution >= 4 is 22.9 Å². The molecule has 0 aliphatic carbocycles. The molecule has 0 atom stereocenters. The van der Waals surface area contributed by atoms with E-state index < -0.39 is 0 Å². The van der Waals surface area contributed by atoms with Gasteiger partial charge in [0.1, 0.15) is 4.99 Å². The van der Waals surface area contributed by atoms with Gasteiger partial charge in [0.05, 0.1) is 6.61 Å². The first-order valence-corrected chi connectivity index (χ1v) is 7.14. The van der Waals surface area contributed by atoms with Crippen LogP contribution in [0.3, 0.4) is 0 Å². The summed E-state index contributed by atoms with van der Waals surface area (Å²) in [7, 11) is 0. The second-order valence-electron chi connectivity index (χ2n) is 5.08. The largest absolute Gasteiger partial charge is 0.389 e. The molecule has 0 spiro atoms. The van der Waals surface area contributed by atoms with Crippen LogP contribution < -0.4 is 11.1 Å². The lowest BCUT2D eigenvalue weighted by molar-refractivity contribution is 0.132.